The van der Waals surface area contributed by atoms with Gasteiger partial charge in [-0.05, 0) is 17.4 Å². The van der Waals surface area contributed by atoms with Crippen molar-refractivity contribution in [2.45, 2.75) is 20.3 Å². The van der Waals surface area contributed by atoms with E-state index in [1.54, 1.807) is 17.7 Å². The van der Waals surface area contributed by atoms with Gasteiger partial charge < -0.3 is 14.5 Å². The first-order valence-electron chi connectivity index (χ1n) is 8.85. The first-order chi connectivity index (χ1) is 12.1. The quantitative estimate of drug-likeness (QED) is 0.841. The summed E-state index contributed by atoms with van der Waals surface area (Å²) in [4.78, 5) is 25.7. The Morgan fingerprint density at radius 1 is 1.36 bits per heavy atom. The zero-order valence-corrected chi connectivity index (χ0v) is 15.6. The smallest absolute Gasteiger partial charge is 0.223 e. The number of hydrogen-bond acceptors (Lipinski definition) is 6. The molecule has 2 aliphatic rings. The van der Waals surface area contributed by atoms with E-state index < -0.39 is 0 Å². The molecule has 6 nitrogen and oxygen atoms in total. The van der Waals surface area contributed by atoms with Gasteiger partial charge >= 0.3 is 0 Å². The molecule has 25 heavy (non-hydrogen) atoms. The van der Waals surface area contributed by atoms with Gasteiger partial charge in [0.05, 0.1) is 23.4 Å². The van der Waals surface area contributed by atoms with Crippen LogP contribution in [-0.4, -0.2) is 60.2 Å². The van der Waals surface area contributed by atoms with Gasteiger partial charge in [0.25, 0.3) is 0 Å². The van der Waals surface area contributed by atoms with Crippen LogP contribution in [0.1, 0.15) is 20.3 Å². The third kappa shape index (κ3) is 3.22. The Morgan fingerprint density at radius 3 is 3.08 bits per heavy atom. The largest absolute Gasteiger partial charge is 0.379 e. The minimum absolute atomic E-state index is 0.142. The number of aromatic nitrogens is 2. The minimum Gasteiger partial charge on any atom is -0.379 e. The van der Waals surface area contributed by atoms with Gasteiger partial charge in [0, 0.05) is 38.0 Å². The SMILES string of the molecule is CC(C)CN1C[C@@]2(COCCN(c3ncnc4ccsc34)C2)CC1=O. The van der Waals surface area contributed by atoms with Crippen LogP contribution in [0.4, 0.5) is 5.82 Å². The zero-order valence-electron chi connectivity index (χ0n) is 14.8. The van der Waals surface area contributed by atoms with E-state index in [9.17, 15) is 4.79 Å². The molecule has 2 aliphatic heterocycles. The van der Waals surface area contributed by atoms with E-state index in [4.69, 9.17) is 4.74 Å². The number of amides is 1. The molecule has 7 heteroatoms. The van der Waals surface area contributed by atoms with Crippen molar-refractivity contribution in [1.29, 1.82) is 0 Å². The first kappa shape index (κ1) is 16.7. The number of ether oxygens (including phenoxy) is 1. The second-order valence-electron chi connectivity index (χ2n) is 7.65. The predicted octanol–water partition coefficient (Wildman–Crippen LogP) is 2.40. The van der Waals surface area contributed by atoms with E-state index >= 15 is 0 Å². The highest BCUT2D eigenvalue weighted by Crippen LogP contribution is 2.37. The highest BCUT2D eigenvalue weighted by atomic mass is 32.1. The van der Waals surface area contributed by atoms with Crippen LogP contribution < -0.4 is 4.90 Å². The summed E-state index contributed by atoms with van der Waals surface area (Å²) in [5.41, 5.74) is 0.843. The van der Waals surface area contributed by atoms with Crippen LogP contribution in [0.25, 0.3) is 10.2 Å². The first-order valence-corrected chi connectivity index (χ1v) is 9.73. The molecule has 0 saturated carbocycles. The van der Waals surface area contributed by atoms with Crippen LogP contribution in [0.5, 0.6) is 0 Å². The third-order valence-electron chi connectivity index (χ3n) is 4.95. The van der Waals surface area contributed by atoms with E-state index in [0.29, 0.717) is 25.6 Å². The molecule has 0 aromatic carbocycles. The summed E-state index contributed by atoms with van der Waals surface area (Å²) < 4.78 is 7.03. The van der Waals surface area contributed by atoms with Crippen molar-refractivity contribution in [3.63, 3.8) is 0 Å². The molecular formula is C18H24N4O2S. The number of nitrogens with zero attached hydrogens (tertiary/aromatic N) is 4. The Kier molecular flexibility index (Phi) is 4.37. The molecule has 0 radical (unpaired) electrons. The fourth-order valence-electron chi connectivity index (χ4n) is 3.97. The summed E-state index contributed by atoms with van der Waals surface area (Å²) in [6.45, 7) is 8.81. The van der Waals surface area contributed by atoms with Crippen molar-refractivity contribution in [3.8, 4) is 0 Å². The van der Waals surface area contributed by atoms with Crippen molar-refractivity contribution >= 4 is 33.3 Å². The maximum Gasteiger partial charge on any atom is 0.223 e. The molecular weight excluding hydrogens is 336 g/mol. The highest BCUT2D eigenvalue weighted by molar-refractivity contribution is 7.17. The Morgan fingerprint density at radius 2 is 2.24 bits per heavy atom. The maximum absolute atomic E-state index is 12.5. The number of anilines is 1. The van der Waals surface area contributed by atoms with Crippen molar-refractivity contribution in [3.05, 3.63) is 17.8 Å². The van der Waals surface area contributed by atoms with Crippen LogP contribution in [0.2, 0.25) is 0 Å². The molecule has 2 fully saturated rings. The Labute approximate surface area is 151 Å². The van der Waals surface area contributed by atoms with Crippen LogP contribution in [0.15, 0.2) is 17.8 Å². The van der Waals surface area contributed by atoms with E-state index in [1.807, 2.05) is 11.0 Å². The maximum atomic E-state index is 12.5. The summed E-state index contributed by atoms with van der Waals surface area (Å²) in [7, 11) is 0. The van der Waals surface area contributed by atoms with E-state index in [2.05, 4.69) is 34.1 Å². The second-order valence-corrected chi connectivity index (χ2v) is 8.57. The van der Waals surface area contributed by atoms with Crippen LogP contribution in [0, 0.1) is 11.3 Å². The average Bonchev–Trinajstić information content (AvgIpc) is 3.09. The standard InChI is InChI=1S/C18H24N4O2S/c1-13(2)8-22-10-18(7-15(22)23)9-21(4-5-24-11-18)17-16-14(3-6-25-16)19-12-20-17/h3,6,12-13H,4-5,7-11H2,1-2H3/t18-/m1/s1. The molecule has 2 aromatic heterocycles. The molecule has 1 amide bonds. The van der Waals surface area contributed by atoms with Gasteiger partial charge in [0.2, 0.25) is 5.91 Å². The van der Waals surface area contributed by atoms with Gasteiger partial charge in [-0.15, -0.1) is 11.3 Å². The molecule has 1 atom stereocenters. The fraction of sp³-hybridized carbons (Fsp3) is 0.611. The predicted molar refractivity (Wildman–Crippen MR) is 98.9 cm³/mol. The Bertz CT molecular complexity index is 777. The van der Waals surface area contributed by atoms with Gasteiger partial charge in [-0.3, -0.25) is 4.79 Å². The molecule has 1 spiro atoms. The summed E-state index contributed by atoms with van der Waals surface area (Å²) in [5, 5.41) is 2.05. The highest BCUT2D eigenvalue weighted by Gasteiger charge is 2.46. The number of carbonyl (C=O) groups is 1. The molecule has 0 bridgehead atoms. The van der Waals surface area contributed by atoms with Crippen molar-refractivity contribution in [2.75, 3.05) is 44.3 Å². The number of thiophene rings is 1. The molecule has 2 saturated heterocycles. The lowest BCUT2D eigenvalue weighted by molar-refractivity contribution is -0.128. The molecule has 2 aromatic rings. The lowest BCUT2D eigenvalue weighted by Gasteiger charge is -2.32. The monoisotopic (exact) mass is 360 g/mol. The Balaban J connectivity index is 1.61. The number of fused-ring (bicyclic) bond motifs is 1. The number of rotatable bonds is 3. The second kappa shape index (κ2) is 6.53. The van der Waals surface area contributed by atoms with E-state index in [0.717, 1.165) is 42.2 Å². The number of carbonyl (C=O) groups excluding carboxylic acids is 1. The van der Waals surface area contributed by atoms with Crippen molar-refractivity contribution in [2.24, 2.45) is 11.3 Å². The van der Waals surface area contributed by atoms with Gasteiger partial charge in [0.1, 0.15) is 12.1 Å². The lowest BCUT2D eigenvalue weighted by Crippen LogP contribution is -2.41. The summed E-state index contributed by atoms with van der Waals surface area (Å²) >= 11 is 1.67. The molecule has 4 heterocycles. The molecule has 134 valence electrons. The molecule has 4 rings (SSSR count). The molecule has 0 aliphatic carbocycles. The zero-order chi connectivity index (χ0) is 17.4. The van der Waals surface area contributed by atoms with Crippen LogP contribution >= 0.6 is 11.3 Å². The van der Waals surface area contributed by atoms with Crippen LogP contribution in [-0.2, 0) is 9.53 Å². The summed E-state index contributed by atoms with van der Waals surface area (Å²) in [5.74, 6) is 1.71. The number of hydrogen-bond donors (Lipinski definition) is 0. The topological polar surface area (TPSA) is 58.6 Å². The summed E-state index contributed by atoms with van der Waals surface area (Å²) in [6, 6.07) is 2.03. The minimum atomic E-state index is -0.142. The summed E-state index contributed by atoms with van der Waals surface area (Å²) in [6.07, 6.45) is 2.20. The normalized spacial score (nSPS) is 24.7. The lowest BCUT2D eigenvalue weighted by atomic mass is 9.87. The van der Waals surface area contributed by atoms with E-state index in [1.165, 1.54) is 0 Å². The Hall–Kier alpha value is -1.73. The molecule has 0 N–H and O–H groups in total. The van der Waals surface area contributed by atoms with Gasteiger partial charge in [-0.25, -0.2) is 9.97 Å². The number of likely N-dealkylation sites (tertiary alicyclic amines) is 1. The van der Waals surface area contributed by atoms with Crippen LogP contribution in [0.3, 0.4) is 0 Å². The van der Waals surface area contributed by atoms with E-state index in [-0.39, 0.29) is 11.3 Å². The van der Waals surface area contributed by atoms with Gasteiger partial charge in [-0.1, -0.05) is 13.8 Å². The molecule has 0 unspecified atom stereocenters. The average molecular weight is 360 g/mol. The van der Waals surface area contributed by atoms with Gasteiger partial charge in [0.15, 0.2) is 0 Å². The van der Waals surface area contributed by atoms with Crippen molar-refractivity contribution < 1.29 is 9.53 Å². The van der Waals surface area contributed by atoms with Crippen molar-refractivity contribution in [1.82, 2.24) is 14.9 Å². The third-order valence-corrected chi connectivity index (χ3v) is 5.85. The van der Waals surface area contributed by atoms with Gasteiger partial charge in [-0.2, -0.15) is 0 Å². The fourth-order valence-corrected chi connectivity index (χ4v) is 4.83.